The van der Waals surface area contributed by atoms with Gasteiger partial charge in [-0.25, -0.2) is 0 Å². The molecule has 0 N–H and O–H groups in total. The Morgan fingerprint density at radius 3 is 2.61 bits per heavy atom. The van der Waals surface area contributed by atoms with Crippen LogP contribution in [0.4, 0.5) is 0 Å². The van der Waals surface area contributed by atoms with E-state index in [9.17, 15) is 9.59 Å². The Labute approximate surface area is 113 Å². The van der Waals surface area contributed by atoms with E-state index in [0.717, 1.165) is 0 Å². The maximum absolute atomic E-state index is 11.4. The summed E-state index contributed by atoms with van der Waals surface area (Å²) >= 11 is 5.63. The first-order valence-corrected chi connectivity index (χ1v) is 6.44. The zero-order valence-electron chi connectivity index (χ0n) is 10.6. The average Bonchev–Trinajstić information content (AvgIpc) is 2.39. The largest absolute Gasteiger partial charge is 0.463 e. The third-order valence-electron chi connectivity index (χ3n) is 2.28. The second-order valence-corrected chi connectivity index (χ2v) is 3.97. The minimum absolute atomic E-state index is 0.0211. The molecule has 1 unspecified atom stereocenters. The molecule has 4 nitrogen and oxygen atoms in total. The molecule has 102 valence electrons. The number of ether oxygens (including phenoxy) is 2. The standard InChI is InChI=1S/C13H19ClO4/c1-3-5-6-17-7-8-18-13(16)9-11(10-14)12(15)4-2/h1,11H,4-10H2,2H3. The van der Waals surface area contributed by atoms with Crippen molar-refractivity contribution in [3.63, 3.8) is 0 Å². The molecule has 0 saturated carbocycles. The van der Waals surface area contributed by atoms with E-state index in [1.54, 1.807) is 6.92 Å². The molecule has 0 radical (unpaired) electrons. The lowest BCUT2D eigenvalue weighted by Crippen LogP contribution is -2.21. The number of carbonyl (C=O) groups excluding carboxylic acids is 2. The molecule has 0 aromatic heterocycles. The normalized spacial score (nSPS) is 11.6. The molecule has 0 spiro atoms. The number of carbonyl (C=O) groups is 2. The number of ketones is 1. The van der Waals surface area contributed by atoms with E-state index >= 15 is 0 Å². The summed E-state index contributed by atoms with van der Waals surface area (Å²) in [4.78, 5) is 22.8. The summed E-state index contributed by atoms with van der Waals surface area (Å²) < 4.78 is 10.0. The van der Waals surface area contributed by atoms with Crippen molar-refractivity contribution in [1.82, 2.24) is 0 Å². The van der Waals surface area contributed by atoms with Gasteiger partial charge in [-0.3, -0.25) is 9.59 Å². The number of terminal acetylenes is 1. The minimum Gasteiger partial charge on any atom is -0.463 e. The number of rotatable bonds is 10. The summed E-state index contributed by atoms with van der Waals surface area (Å²) in [5.41, 5.74) is 0. The number of esters is 1. The highest BCUT2D eigenvalue weighted by atomic mass is 35.5. The maximum atomic E-state index is 11.4. The van der Waals surface area contributed by atoms with E-state index in [1.165, 1.54) is 0 Å². The Morgan fingerprint density at radius 1 is 1.33 bits per heavy atom. The summed E-state index contributed by atoms with van der Waals surface area (Å²) in [6, 6.07) is 0. The number of Topliss-reactive ketones (excluding diaryl/α,β-unsaturated/α-hetero) is 1. The Balaban J connectivity index is 3.70. The van der Waals surface area contributed by atoms with Crippen molar-refractivity contribution < 1.29 is 19.1 Å². The van der Waals surface area contributed by atoms with Gasteiger partial charge in [0.2, 0.25) is 0 Å². The molecule has 0 rings (SSSR count). The first-order chi connectivity index (χ1) is 8.65. The lowest BCUT2D eigenvalue weighted by Gasteiger charge is -2.11. The average molecular weight is 275 g/mol. The predicted octanol–water partition coefficient (Wildman–Crippen LogP) is 1.79. The van der Waals surface area contributed by atoms with Crippen molar-refractivity contribution >= 4 is 23.4 Å². The highest BCUT2D eigenvalue weighted by Gasteiger charge is 2.20. The van der Waals surface area contributed by atoms with Gasteiger partial charge in [-0.2, -0.15) is 0 Å². The van der Waals surface area contributed by atoms with Gasteiger partial charge in [0.1, 0.15) is 12.4 Å². The van der Waals surface area contributed by atoms with Crippen LogP contribution in [0.2, 0.25) is 0 Å². The highest BCUT2D eigenvalue weighted by Crippen LogP contribution is 2.10. The van der Waals surface area contributed by atoms with Crippen LogP contribution in [0, 0.1) is 18.3 Å². The molecule has 5 heteroatoms. The first-order valence-electron chi connectivity index (χ1n) is 5.91. The summed E-state index contributed by atoms with van der Waals surface area (Å²) in [5, 5.41) is 0. The van der Waals surface area contributed by atoms with Crippen LogP contribution in [-0.2, 0) is 19.1 Å². The van der Waals surface area contributed by atoms with Crippen LogP contribution in [0.25, 0.3) is 0 Å². The maximum Gasteiger partial charge on any atom is 0.306 e. The number of halogens is 1. The van der Waals surface area contributed by atoms with Gasteiger partial charge in [-0.05, 0) is 0 Å². The summed E-state index contributed by atoms with van der Waals surface area (Å²) in [6.45, 7) is 2.67. The van der Waals surface area contributed by atoms with Gasteiger partial charge in [0.25, 0.3) is 0 Å². The third-order valence-corrected chi connectivity index (χ3v) is 2.66. The zero-order chi connectivity index (χ0) is 13.8. The van der Waals surface area contributed by atoms with Gasteiger partial charge in [-0.1, -0.05) is 6.92 Å². The molecule has 0 aromatic carbocycles. The number of hydrogen-bond donors (Lipinski definition) is 0. The van der Waals surface area contributed by atoms with E-state index in [0.29, 0.717) is 26.1 Å². The Hall–Kier alpha value is -1.05. The topological polar surface area (TPSA) is 52.6 Å². The molecule has 0 aromatic rings. The van der Waals surface area contributed by atoms with Gasteiger partial charge < -0.3 is 9.47 Å². The molecule has 0 aliphatic rings. The fraction of sp³-hybridized carbons (Fsp3) is 0.692. The third kappa shape index (κ3) is 8.10. The fourth-order valence-electron chi connectivity index (χ4n) is 1.25. The zero-order valence-corrected chi connectivity index (χ0v) is 11.4. The van der Waals surface area contributed by atoms with Gasteiger partial charge in [0, 0.05) is 24.6 Å². The van der Waals surface area contributed by atoms with E-state index in [-0.39, 0.29) is 24.7 Å². The van der Waals surface area contributed by atoms with Gasteiger partial charge in [0.15, 0.2) is 0 Å². The molecule has 0 saturated heterocycles. The Kier molecular flexibility index (Phi) is 10.4. The van der Waals surface area contributed by atoms with Gasteiger partial charge in [-0.15, -0.1) is 23.9 Å². The van der Waals surface area contributed by atoms with Crippen molar-refractivity contribution in [2.75, 3.05) is 25.7 Å². The van der Waals surface area contributed by atoms with Crippen LogP contribution in [0.1, 0.15) is 26.2 Å². The quantitative estimate of drug-likeness (QED) is 0.264. The molecule has 0 aliphatic carbocycles. The van der Waals surface area contributed by atoms with E-state index in [2.05, 4.69) is 5.92 Å². The first kappa shape index (κ1) is 16.9. The van der Waals surface area contributed by atoms with Crippen molar-refractivity contribution in [1.29, 1.82) is 0 Å². The smallest absolute Gasteiger partial charge is 0.306 e. The SMILES string of the molecule is C#CCCOCCOC(=O)CC(CCl)C(=O)CC. The van der Waals surface area contributed by atoms with E-state index in [4.69, 9.17) is 27.5 Å². The summed E-state index contributed by atoms with van der Waals surface area (Å²) in [6.07, 6.45) is 5.98. The Morgan fingerprint density at radius 2 is 2.06 bits per heavy atom. The van der Waals surface area contributed by atoms with Gasteiger partial charge in [0.05, 0.1) is 19.6 Å². The monoisotopic (exact) mass is 274 g/mol. The van der Waals surface area contributed by atoms with E-state index < -0.39 is 11.9 Å². The van der Waals surface area contributed by atoms with Crippen LogP contribution >= 0.6 is 11.6 Å². The minimum atomic E-state index is -0.452. The highest BCUT2D eigenvalue weighted by molar-refractivity contribution is 6.19. The molecule has 0 aliphatic heterocycles. The van der Waals surface area contributed by atoms with Crippen LogP contribution in [-0.4, -0.2) is 37.5 Å². The van der Waals surface area contributed by atoms with Crippen LogP contribution in [0.15, 0.2) is 0 Å². The molecule has 0 bridgehead atoms. The molecule has 1 atom stereocenters. The second-order valence-electron chi connectivity index (χ2n) is 3.66. The predicted molar refractivity (Wildman–Crippen MR) is 69.4 cm³/mol. The molecule has 0 heterocycles. The number of hydrogen-bond acceptors (Lipinski definition) is 4. The lowest BCUT2D eigenvalue weighted by atomic mass is 10.0. The second kappa shape index (κ2) is 11.1. The lowest BCUT2D eigenvalue weighted by molar-refractivity contribution is -0.147. The number of alkyl halides is 1. The van der Waals surface area contributed by atoms with Crippen LogP contribution in [0.3, 0.4) is 0 Å². The molecular weight excluding hydrogens is 256 g/mol. The molecule has 18 heavy (non-hydrogen) atoms. The van der Waals surface area contributed by atoms with Crippen LogP contribution < -0.4 is 0 Å². The fourth-order valence-corrected chi connectivity index (χ4v) is 1.53. The van der Waals surface area contributed by atoms with Crippen LogP contribution in [0.5, 0.6) is 0 Å². The van der Waals surface area contributed by atoms with Crippen molar-refractivity contribution in [3.05, 3.63) is 0 Å². The Bertz CT molecular complexity index is 296. The summed E-state index contributed by atoms with van der Waals surface area (Å²) in [7, 11) is 0. The molecule has 0 amide bonds. The summed E-state index contributed by atoms with van der Waals surface area (Å²) in [5.74, 6) is 1.67. The van der Waals surface area contributed by atoms with Gasteiger partial charge >= 0.3 is 5.97 Å². The van der Waals surface area contributed by atoms with Crippen molar-refractivity contribution in [2.45, 2.75) is 26.2 Å². The molecule has 0 fully saturated rings. The molecular formula is C13H19ClO4. The van der Waals surface area contributed by atoms with Crippen molar-refractivity contribution in [2.24, 2.45) is 5.92 Å². The van der Waals surface area contributed by atoms with Crippen molar-refractivity contribution in [3.8, 4) is 12.3 Å². The van der Waals surface area contributed by atoms with E-state index in [1.807, 2.05) is 0 Å².